The van der Waals surface area contributed by atoms with Crippen molar-refractivity contribution in [1.82, 2.24) is 9.88 Å². The normalized spacial score (nSPS) is 10.7. The first kappa shape index (κ1) is 21.8. The number of carbonyl (C=O) groups is 2. The molecule has 3 aromatic rings. The number of benzene rings is 2. The van der Waals surface area contributed by atoms with Crippen LogP contribution in [0, 0.1) is 10.1 Å². The molecule has 2 N–H and O–H groups in total. The molecule has 0 saturated carbocycles. The predicted molar refractivity (Wildman–Crippen MR) is 114 cm³/mol. The smallest absolute Gasteiger partial charge is 0.407 e. The molecule has 0 spiro atoms. The van der Waals surface area contributed by atoms with Gasteiger partial charge in [0.15, 0.2) is 5.58 Å². The van der Waals surface area contributed by atoms with Crippen molar-refractivity contribution in [3.63, 3.8) is 0 Å². The van der Waals surface area contributed by atoms with Crippen LogP contribution < -0.4 is 16.4 Å². The van der Waals surface area contributed by atoms with E-state index < -0.39 is 10.7 Å². The number of amides is 2. The molecule has 0 atom stereocenters. The second-order valence-electron chi connectivity index (χ2n) is 6.91. The molecule has 0 radical (unpaired) electrons. The fourth-order valence-corrected chi connectivity index (χ4v) is 3.05. The Balaban J connectivity index is 1.55. The minimum Gasteiger partial charge on any atom is -0.407 e. The van der Waals surface area contributed by atoms with Gasteiger partial charge in [-0.2, -0.15) is 0 Å². The van der Waals surface area contributed by atoms with Gasteiger partial charge in [-0.3, -0.25) is 24.3 Å². The summed E-state index contributed by atoms with van der Waals surface area (Å²) in [5.74, 6) is -1.03. The Morgan fingerprint density at radius 1 is 1.16 bits per heavy atom. The summed E-state index contributed by atoms with van der Waals surface area (Å²) in [6.07, 6.45) is 1.38. The van der Waals surface area contributed by atoms with Crippen LogP contribution in [0.2, 0.25) is 0 Å². The van der Waals surface area contributed by atoms with Gasteiger partial charge < -0.3 is 15.1 Å². The molecule has 0 aliphatic heterocycles. The molecule has 0 aliphatic rings. The highest BCUT2D eigenvalue weighted by molar-refractivity contribution is 5.95. The summed E-state index contributed by atoms with van der Waals surface area (Å²) in [6, 6.07) is 10.5. The summed E-state index contributed by atoms with van der Waals surface area (Å²) in [5.41, 5.74) is 1.48. The summed E-state index contributed by atoms with van der Waals surface area (Å²) < 4.78 is 6.41. The number of rotatable bonds is 9. The topological polar surface area (TPSA) is 136 Å². The van der Waals surface area contributed by atoms with E-state index in [4.69, 9.17) is 4.42 Å². The summed E-state index contributed by atoms with van der Waals surface area (Å²) in [5, 5.41) is 16.4. The van der Waals surface area contributed by atoms with E-state index in [1.165, 1.54) is 22.8 Å². The van der Waals surface area contributed by atoms with Crippen LogP contribution in [0.15, 0.2) is 51.7 Å². The van der Waals surface area contributed by atoms with Crippen molar-refractivity contribution in [3.05, 3.63) is 68.7 Å². The lowest BCUT2D eigenvalue weighted by molar-refractivity contribution is -0.384. The maximum absolute atomic E-state index is 12.2. The van der Waals surface area contributed by atoms with Gasteiger partial charge in [-0.25, -0.2) is 4.79 Å². The quantitative estimate of drug-likeness (QED) is 0.399. The van der Waals surface area contributed by atoms with Crippen molar-refractivity contribution >= 4 is 34.3 Å². The molecule has 2 aromatic carbocycles. The number of nitro benzene ring substituents is 1. The van der Waals surface area contributed by atoms with Gasteiger partial charge in [0.05, 0.1) is 16.5 Å². The van der Waals surface area contributed by atoms with Crippen LogP contribution in [-0.4, -0.2) is 27.8 Å². The highest BCUT2D eigenvalue weighted by Crippen LogP contribution is 2.20. The van der Waals surface area contributed by atoms with Gasteiger partial charge in [0.2, 0.25) is 5.91 Å². The summed E-state index contributed by atoms with van der Waals surface area (Å²) in [7, 11) is 0. The van der Waals surface area contributed by atoms with Gasteiger partial charge in [0.1, 0.15) is 0 Å². The van der Waals surface area contributed by atoms with Crippen LogP contribution in [0.3, 0.4) is 0 Å². The molecule has 162 valence electrons. The van der Waals surface area contributed by atoms with Gasteiger partial charge in [-0.15, -0.1) is 0 Å². The molecule has 1 heterocycles. The summed E-state index contributed by atoms with van der Waals surface area (Å²) >= 11 is 0. The Morgan fingerprint density at radius 2 is 1.90 bits per heavy atom. The second-order valence-corrected chi connectivity index (χ2v) is 6.91. The van der Waals surface area contributed by atoms with E-state index in [1.54, 1.807) is 24.3 Å². The van der Waals surface area contributed by atoms with Crippen LogP contribution in [0.1, 0.15) is 36.5 Å². The summed E-state index contributed by atoms with van der Waals surface area (Å²) in [6.45, 7) is 2.80. The van der Waals surface area contributed by atoms with Crippen molar-refractivity contribution in [2.24, 2.45) is 0 Å². The molecule has 10 heteroatoms. The Hall–Kier alpha value is -3.95. The number of nitrogens with one attached hydrogen (secondary N) is 2. The lowest BCUT2D eigenvalue weighted by Gasteiger charge is -2.07. The number of aromatic nitrogens is 1. The average molecular weight is 426 g/mol. The number of anilines is 1. The first-order valence-electron chi connectivity index (χ1n) is 9.85. The third kappa shape index (κ3) is 5.35. The van der Waals surface area contributed by atoms with E-state index in [-0.39, 0.29) is 36.1 Å². The third-order valence-corrected chi connectivity index (χ3v) is 4.61. The van der Waals surface area contributed by atoms with Gasteiger partial charge in [-0.1, -0.05) is 6.92 Å². The molecule has 3 rings (SSSR count). The molecule has 1 aromatic heterocycles. The largest absolute Gasteiger partial charge is 0.419 e. The van der Waals surface area contributed by atoms with E-state index in [1.807, 2.05) is 6.92 Å². The van der Waals surface area contributed by atoms with Crippen molar-refractivity contribution < 1.29 is 18.9 Å². The number of hydrogen-bond donors (Lipinski definition) is 2. The maximum atomic E-state index is 12.2. The van der Waals surface area contributed by atoms with Crippen molar-refractivity contribution in [2.45, 2.75) is 32.7 Å². The number of nitro groups is 1. The maximum Gasteiger partial charge on any atom is 0.419 e. The van der Waals surface area contributed by atoms with Gasteiger partial charge in [0.25, 0.3) is 11.6 Å². The number of non-ortho nitro benzene ring substituents is 1. The zero-order chi connectivity index (χ0) is 22.4. The first-order chi connectivity index (χ1) is 14.9. The number of fused-ring (bicyclic) bond motifs is 1. The Morgan fingerprint density at radius 3 is 2.58 bits per heavy atom. The minimum atomic E-state index is -0.632. The Bertz CT molecular complexity index is 1160. The van der Waals surface area contributed by atoms with E-state index in [9.17, 15) is 24.5 Å². The molecule has 0 unspecified atom stereocenters. The Kier molecular flexibility index (Phi) is 6.81. The number of aryl methyl sites for hydroxylation is 1. The number of oxazole rings is 1. The van der Waals surface area contributed by atoms with Gasteiger partial charge >= 0.3 is 5.76 Å². The Labute approximate surface area is 177 Å². The van der Waals surface area contributed by atoms with E-state index in [0.717, 1.165) is 6.42 Å². The second kappa shape index (κ2) is 9.70. The van der Waals surface area contributed by atoms with E-state index in [2.05, 4.69) is 10.6 Å². The van der Waals surface area contributed by atoms with Crippen LogP contribution in [0.4, 0.5) is 11.4 Å². The van der Waals surface area contributed by atoms with Crippen LogP contribution in [-0.2, 0) is 11.3 Å². The van der Waals surface area contributed by atoms with Gasteiger partial charge in [0, 0.05) is 36.8 Å². The fraction of sp³-hybridized carbons (Fsp3) is 0.286. The molecule has 0 fully saturated rings. The molecule has 2 amide bonds. The molecular formula is C21H22N4O6. The minimum absolute atomic E-state index is 0.131. The van der Waals surface area contributed by atoms with E-state index >= 15 is 0 Å². The molecule has 10 nitrogen and oxygen atoms in total. The van der Waals surface area contributed by atoms with Crippen LogP contribution in [0.25, 0.3) is 11.1 Å². The SMILES string of the molecule is CCCNC(=O)c1ccc(NC(=O)CCCn2c(=O)oc3cc([N+](=O)[O-])ccc32)cc1. The third-order valence-electron chi connectivity index (χ3n) is 4.61. The number of carbonyl (C=O) groups excluding carboxylic acids is 2. The lowest BCUT2D eigenvalue weighted by atomic mass is 10.2. The molecule has 0 saturated heterocycles. The molecule has 0 bridgehead atoms. The fourth-order valence-electron chi connectivity index (χ4n) is 3.05. The molecule has 0 aliphatic carbocycles. The summed E-state index contributed by atoms with van der Waals surface area (Å²) in [4.78, 5) is 46.4. The first-order valence-corrected chi connectivity index (χ1v) is 9.85. The van der Waals surface area contributed by atoms with Crippen LogP contribution in [0.5, 0.6) is 0 Å². The van der Waals surface area contributed by atoms with E-state index in [0.29, 0.717) is 29.7 Å². The van der Waals surface area contributed by atoms with Crippen LogP contribution >= 0.6 is 0 Å². The lowest BCUT2D eigenvalue weighted by Crippen LogP contribution is -2.23. The highest BCUT2D eigenvalue weighted by Gasteiger charge is 2.14. The molecular weight excluding hydrogens is 404 g/mol. The molecule has 31 heavy (non-hydrogen) atoms. The highest BCUT2D eigenvalue weighted by atomic mass is 16.6. The standard InChI is InChI=1S/C21H22N4O6/c1-2-11-22-20(27)14-5-7-15(8-6-14)23-19(26)4-3-12-24-17-10-9-16(25(29)30)13-18(17)31-21(24)28/h5-10,13H,2-4,11-12H2,1H3,(H,22,27)(H,23,26). The van der Waals surface area contributed by atoms with Crippen molar-refractivity contribution in [1.29, 1.82) is 0 Å². The predicted octanol–water partition coefficient (Wildman–Crippen LogP) is 3.06. The van der Waals surface area contributed by atoms with Crippen molar-refractivity contribution in [3.8, 4) is 0 Å². The monoisotopic (exact) mass is 426 g/mol. The van der Waals surface area contributed by atoms with Gasteiger partial charge in [-0.05, 0) is 43.2 Å². The average Bonchev–Trinajstić information content (AvgIpc) is 3.06. The zero-order valence-corrected chi connectivity index (χ0v) is 16.9. The zero-order valence-electron chi connectivity index (χ0n) is 16.9. The number of nitrogens with zero attached hydrogens (tertiary/aromatic N) is 2. The number of hydrogen-bond acceptors (Lipinski definition) is 6. The van der Waals surface area contributed by atoms with Crippen molar-refractivity contribution in [2.75, 3.05) is 11.9 Å².